The lowest BCUT2D eigenvalue weighted by molar-refractivity contribution is 0.0690. The number of amides is 1. The van der Waals surface area contributed by atoms with Crippen molar-refractivity contribution >= 4 is 11.9 Å². The third-order valence-electron chi connectivity index (χ3n) is 2.42. The van der Waals surface area contributed by atoms with E-state index in [0.717, 1.165) is 12.3 Å². The van der Waals surface area contributed by atoms with E-state index in [1.165, 1.54) is 24.3 Å². The molecule has 0 radical (unpaired) electrons. The molecule has 0 aliphatic heterocycles. The monoisotopic (exact) mass is 276 g/mol. The average molecular weight is 276 g/mol. The lowest BCUT2D eigenvalue weighted by Crippen LogP contribution is -2.10. The van der Waals surface area contributed by atoms with E-state index < -0.39 is 29.1 Å². The number of halogens is 1. The van der Waals surface area contributed by atoms with Crippen molar-refractivity contribution < 1.29 is 23.8 Å². The smallest absolute Gasteiger partial charge is 0.338 e. The Morgan fingerprint density at radius 2 is 2.05 bits per heavy atom. The van der Waals surface area contributed by atoms with Crippen LogP contribution in [0.2, 0.25) is 0 Å². The standard InChI is InChI=1S/C13H9FN2O4/c14-10-9(13(18)19)4-5-16-12(10)20-8-3-1-2-7(6-8)11(15)17/h1-6H,(H2,15,17)(H,18,19). The normalized spacial score (nSPS) is 10.1. The maximum Gasteiger partial charge on any atom is 0.338 e. The molecule has 0 fully saturated rings. The number of carboxylic acids is 1. The number of ether oxygens (including phenoxy) is 1. The number of hydrogen-bond acceptors (Lipinski definition) is 4. The second-order valence-corrected chi connectivity index (χ2v) is 3.78. The van der Waals surface area contributed by atoms with Gasteiger partial charge in [-0.1, -0.05) is 6.07 Å². The highest BCUT2D eigenvalue weighted by Gasteiger charge is 2.17. The van der Waals surface area contributed by atoms with Gasteiger partial charge in [-0.3, -0.25) is 4.79 Å². The molecule has 0 bridgehead atoms. The summed E-state index contributed by atoms with van der Waals surface area (Å²) in [6.45, 7) is 0. The van der Waals surface area contributed by atoms with Gasteiger partial charge in [0.2, 0.25) is 5.91 Å². The quantitative estimate of drug-likeness (QED) is 0.886. The molecule has 0 saturated heterocycles. The van der Waals surface area contributed by atoms with Crippen molar-refractivity contribution in [3.05, 3.63) is 53.5 Å². The summed E-state index contributed by atoms with van der Waals surface area (Å²) in [4.78, 5) is 25.4. The number of carboxylic acid groups (broad SMARTS) is 1. The minimum atomic E-state index is -1.43. The van der Waals surface area contributed by atoms with Crippen molar-refractivity contribution in [3.63, 3.8) is 0 Å². The van der Waals surface area contributed by atoms with Gasteiger partial charge >= 0.3 is 5.97 Å². The largest absolute Gasteiger partial charge is 0.478 e. The fraction of sp³-hybridized carbons (Fsp3) is 0. The molecular weight excluding hydrogens is 267 g/mol. The highest BCUT2D eigenvalue weighted by molar-refractivity contribution is 5.93. The van der Waals surface area contributed by atoms with Gasteiger partial charge in [0.1, 0.15) is 11.3 Å². The molecule has 1 heterocycles. The van der Waals surface area contributed by atoms with Gasteiger partial charge < -0.3 is 15.6 Å². The zero-order valence-corrected chi connectivity index (χ0v) is 10.0. The second-order valence-electron chi connectivity index (χ2n) is 3.78. The van der Waals surface area contributed by atoms with Gasteiger partial charge in [-0.2, -0.15) is 0 Å². The van der Waals surface area contributed by atoms with Crippen molar-refractivity contribution in [3.8, 4) is 11.6 Å². The van der Waals surface area contributed by atoms with Crippen molar-refractivity contribution in [2.45, 2.75) is 0 Å². The molecule has 1 amide bonds. The van der Waals surface area contributed by atoms with Crippen molar-refractivity contribution in [1.82, 2.24) is 4.98 Å². The molecule has 7 heteroatoms. The number of primary amides is 1. The SMILES string of the molecule is NC(=O)c1cccc(Oc2nccc(C(=O)O)c2F)c1. The molecule has 0 aliphatic rings. The molecule has 3 N–H and O–H groups in total. The first-order valence-corrected chi connectivity index (χ1v) is 5.44. The molecular formula is C13H9FN2O4. The van der Waals surface area contributed by atoms with Gasteiger partial charge in [0.15, 0.2) is 5.82 Å². The number of aromatic nitrogens is 1. The molecule has 2 aromatic rings. The topological polar surface area (TPSA) is 103 Å². The van der Waals surface area contributed by atoms with Gasteiger partial charge in [-0.05, 0) is 24.3 Å². The Hall–Kier alpha value is -2.96. The van der Waals surface area contributed by atoms with E-state index in [4.69, 9.17) is 15.6 Å². The fourth-order valence-electron chi connectivity index (χ4n) is 1.49. The fourth-order valence-corrected chi connectivity index (χ4v) is 1.49. The summed E-state index contributed by atoms with van der Waals surface area (Å²) in [6, 6.07) is 6.74. The number of hydrogen-bond donors (Lipinski definition) is 2. The summed E-state index contributed by atoms with van der Waals surface area (Å²) in [5.41, 5.74) is 4.73. The van der Waals surface area contributed by atoms with E-state index >= 15 is 0 Å². The van der Waals surface area contributed by atoms with Crippen molar-refractivity contribution in [2.75, 3.05) is 0 Å². The molecule has 0 spiro atoms. The molecule has 0 atom stereocenters. The minimum absolute atomic E-state index is 0.121. The van der Waals surface area contributed by atoms with Gasteiger partial charge in [0.05, 0.1) is 0 Å². The Morgan fingerprint density at radius 3 is 2.70 bits per heavy atom. The van der Waals surface area contributed by atoms with Gasteiger partial charge in [-0.15, -0.1) is 0 Å². The predicted octanol–water partition coefficient (Wildman–Crippen LogP) is 1.81. The molecule has 0 saturated carbocycles. The van der Waals surface area contributed by atoms with Crippen LogP contribution >= 0.6 is 0 Å². The van der Waals surface area contributed by atoms with Crippen LogP contribution in [0.4, 0.5) is 4.39 Å². The Labute approximate surface area is 112 Å². The van der Waals surface area contributed by atoms with E-state index in [2.05, 4.69) is 4.98 Å². The third kappa shape index (κ3) is 2.72. The minimum Gasteiger partial charge on any atom is -0.478 e. The number of benzene rings is 1. The van der Waals surface area contributed by atoms with Crippen LogP contribution in [0.3, 0.4) is 0 Å². The summed E-state index contributed by atoms with van der Waals surface area (Å²) in [6.07, 6.45) is 1.11. The summed E-state index contributed by atoms with van der Waals surface area (Å²) < 4.78 is 18.9. The van der Waals surface area contributed by atoms with Crippen LogP contribution in [-0.2, 0) is 0 Å². The van der Waals surface area contributed by atoms with Gasteiger partial charge in [-0.25, -0.2) is 14.2 Å². The number of nitrogens with zero attached hydrogens (tertiary/aromatic N) is 1. The van der Waals surface area contributed by atoms with Crippen LogP contribution in [0.5, 0.6) is 11.6 Å². The third-order valence-corrected chi connectivity index (χ3v) is 2.42. The Kier molecular flexibility index (Phi) is 3.60. The Bertz CT molecular complexity index is 688. The summed E-state index contributed by atoms with van der Waals surface area (Å²) in [5, 5.41) is 8.79. The molecule has 1 aromatic heterocycles. The van der Waals surface area contributed by atoms with Crippen LogP contribution in [0.15, 0.2) is 36.5 Å². The van der Waals surface area contributed by atoms with Crippen LogP contribution in [0.1, 0.15) is 20.7 Å². The number of aromatic carboxylic acids is 1. The number of carbonyl (C=O) groups is 2. The summed E-state index contributed by atoms with van der Waals surface area (Å²) in [5.74, 6) is -3.56. The molecule has 6 nitrogen and oxygen atoms in total. The maximum absolute atomic E-state index is 13.8. The zero-order valence-electron chi connectivity index (χ0n) is 10.0. The first kappa shape index (κ1) is 13.5. The van der Waals surface area contributed by atoms with Gasteiger partial charge in [0.25, 0.3) is 5.88 Å². The predicted molar refractivity (Wildman–Crippen MR) is 66.2 cm³/mol. The lowest BCUT2D eigenvalue weighted by Gasteiger charge is -2.07. The number of nitrogens with two attached hydrogens (primary N) is 1. The lowest BCUT2D eigenvalue weighted by atomic mass is 10.2. The molecule has 2 rings (SSSR count). The molecule has 102 valence electrons. The van der Waals surface area contributed by atoms with Crippen molar-refractivity contribution in [2.24, 2.45) is 5.73 Å². The van der Waals surface area contributed by atoms with E-state index in [1.54, 1.807) is 0 Å². The number of carbonyl (C=O) groups excluding carboxylic acids is 1. The highest BCUT2D eigenvalue weighted by Crippen LogP contribution is 2.24. The van der Waals surface area contributed by atoms with Crippen molar-refractivity contribution in [1.29, 1.82) is 0 Å². The molecule has 0 aliphatic carbocycles. The Morgan fingerprint density at radius 1 is 1.30 bits per heavy atom. The van der Waals surface area contributed by atoms with Crippen LogP contribution in [-0.4, -0.2) is 22.0 Å². The molecule has 1 aromatic carbocycles. The Balaban J connectivity index is 2.35. The zero-order chi connectivity index (χ0) is 14.7. The second kappa shape index (κ2) is 5.35. The van der Waals surface area contributed by atoms with E-state index in [0.29, 0.717) is 0 Å². The van der Waals surface area contributed by atoms with Gasteiger partial charge in [0, 0.05) is 11.8 Å². The van der Waals surface area contributed by atoms with E-state index in [1.807, 2.05) is 0 Å². The first-order valence-electron chi connectivity index (χ1n) is 5.44. The molecule has 20 heavy (non-hydrogen) atoms. The summed E-state index contributed by atoms with van der Waals surface area (Å²) in [7, 11) is 0. The average Bonchev–Trinajstić information content (AvgIpc) is 2.41. The molecule has 0 unspecified atom stereocenters. The van der Waals surface area contributed by atoms with Crippen LogP contribution in [0, 0.1) is 5.82 Å². The highest BCUT2D eigenvalue weighted by atomic mass is 19.1. The van der Waals surface area contributed by atoms with Crippen LogP contribution < -0.4 is 10.5 Å². The van der Waals surface area contributed by atoms with E-state index in [-0.39, 0.29) is 11.3 Å². The number of pyridine rings is 1. The maximum atomic E-state index is 13.8. The summed E-state index contributed by atoms with van der Waals surface area (Å²) >= 11 is 0. The van der Waals surface area contributed by atoms with Crippen LogP contribution in [0.25, 0.3) is 0 Å². The first-order chi connectivity index (χ1) is 9.49. The number of rotatable bonds is 4. The van der Waals surface area contributed by atoms with E-state index in [9.17, 15) is 14.0 Å².